The molecule has 4 nitrogen and oxygen atoms in total. The van der Waals surface area contributed by atoms with Crippen molar-refractivity contribution in [3.05, 3.63) is 12.2 Å². The maximum atomic E-state index is 11.5. The molecule has 4 heteroatoms. The number of carbonyl (C=O) groups excluding carboxylic acids is 1. The van der Waals surface area contributed by atoms with E-state index >= 15 is 0 Å². The predicted octanol–water partition coefficient (Wildman–Crippen LogP) is 0.925. The number of rotatable bonds is 0. The van der Waals surface area contributed by atoms with E-state index in [1.807, 2.05) is 4.90 Å². The molecule has 0 aromatic heterocycles. The van der Waals surface area contributed by atoms with E-state index in [1.165, 1.54) is 0 Å². The standard InChI is InChI=1S/C11H13NO3/c13-10-12-4-2-7-5-8-1-3-11(7,15-8)9(12)6-14-10/h1,3,7-9H,2,4-6H2/t7-,8-,9+,11+/m1/s1. The van der Waals surface area contributed by atoms with Gasteiger partial charge in [0.25, 0.3) is 0 Å². The zero-order valence-corrected chi connectivity index (χ0v) is 8.39. The molecule has 0 aromatic carbocycles. The minimum atomic E-state index is -0.213. The Bertz CT molecular complexity index is 367. The lowest BCUT2D eigenvalue weighted by atomic mass is 9.73. The molecule has 15 heavy (non-hydrogen) atoms. The highest BCUT2D eigenvalue weighted by atomic mass is 16.6. The van der Waals surface area contributed by atoms with Gasteiger partial charge in [-0.1, -0.05) is 12.2 Å². The summed E-state index contributed by atoms with van der Waals surface area (Å²) >= 11 is 0. The van der Waals surface area contributed by atoms with Crippen molar-refractivity contribution in [2.24, 2.45) is 5.92 Å². The Morgan fingerprint density at radius 2 is 2.47 bits per heavy atom. The second-order valence-electron chi connectivity index (χ2n) is 4.88. The van der Waals surface area contributed by atoms with Crippen LogP contribution in [0.5, 0.6) is 0 Å². The van der Waals surface area contributed by atoms with Gasteiger partial charge in [-0.25, -0.2) is 4.79 Å². The lowest BCUT2D eigenvalue weighted by molar-refractivity contribution is -0.0576. The van der Waals surface area contributed by atoms with Crippen molar-refractivity contribution in [3.8, 4) is 0 Å². The molecule has 4 aliphatic heterocycles. The number of piperidine rings is 1. The van der Waals surface area contributed by atoms with E-state index in [2.05, 4.69) is 12.2 Å². The summed E-state index contributed by atoms with van der Waals surface area (Å²) in [6.07, 6.45) is 6.60. The molecule has 3 fully saturated rings. The van der Waals surface area contributed by atoms with Gasteiger partial charge in [-0.05, 0) is 18.8 Å². The molecule has 4 atom stereocenters. The molecule has 0 unspecified atom stereocenters. The molecule has 0 aromatic rings. The van der Waals surface area contributed by atoms with Gasteiger partial charge in [-0.2, -0.15) is 0 Å². The van der Waals surface area contributed by atoms with Gasteiger partial charge in [-0.3, -0.25) is 4.90 Å². The van der Waals surface area contributed by atoms with Crippen LogP contribution in [0.25, 0.3) is 0 Å². The Hall–Kier alpha value is -1.03. The zero-order valence-electron chi connectivity index (χ0n) is 8.39. The van der Waals surface area contributed by atoms with Gasteiger partial charge in [0.15, 0.2) is 0 Å². The van der Waals surface area contributed by atoms with Gasteiger partial charge in [0, 0.05) is 6.54 Å². The van der Waals surface area contributed by atoms with Crippen molar-refractivity contribution >= 4 is 6.09 Å². The molecule has 0 radical (unpaired) electrons. The third kappa shape index (κ3) is 0.807. The highest BCUT2D eigenvalue weighted by Gasteiger charge is 2.61. The van der Waals surface area contributed by atoms with E-state index in [0.717, 1.165) is 19.4 Å². The Labute approximate surface area is 87.8 Å². The highest BCUT2D eigenvalue weighted by molar-refractivity contribution is 5.71. The predicted molar refractivity (Wildman–Crippen MR) is 51.3 cm³/mol. The Balaban J connectivity index is 1.79. The molecule has 1 amide bonds. The summed E-state index contributed by atoms with van der Waals surface area (Å²) in [7, 11) is 0. The summed E-state index contributed by atoms with van der Waals surface area (Å²) in [5, 5.41) is 0. The third-order valence-electron chi connectivity index (χ3n) is 4.30. The number of cyclic esters (lactones) is 1. The minimum Gasteiger partial charge on any atom is -0.447 e. The van der Waals surface area contributed by atoms with Gasteiger partial charge < -0.3 is 9.47 Å². The van der Waals surface area contributed by atoms with E-state index in [-0.39, 0.29) is 23.8 Å². The maximum Gasteiger partial charge on any atom is 0.410 e. The van der Waals surface area contributed by atoms with Crippen LogP contribution in [0.15, 0.2) is 12.2 Å². The van der Waals surface area contributed by atoms with E-state index < -0.39 is 0 Å². The van der Waals surface area contributed by atoms with Crippen molar-refractivity contribution in [1.82, 2.24) is 4.90 Å². The summed E-state index contributed by atoms with van der Waals surface area (Å²) in [4.78, 5) is 13.3. The highest BCUT2D eigenvalue weighted by Crippen LogP contribution is 2.51. The first-order valence-corrected chi connectivity index (χ1v) is 5.60. The monoisotopic (exact) mass is 207 g/mol. The molecule has 0 saturated carbocycles. The molecular formula is C11H13NO3. The van der Waals surface area contributed by atoms with E-state index in [1.54, 1.807) is 0 Å². The summed E-state index contributed by atoms with van der Waals surface area (Å²) < 4.78 is 11.2. The lowest BCUT2D eigenvalue weighted by Gasteiger charge is -2.43. The van der Waals surface area contributed by atoms with Crippen LogP contribution in [0.3, 0.4) is 0 Å². The smallest absolute Gasteiger partial charge is 0.410 e. The van der Waals surface area contributed by atoms with Crippen LogP contribution in [-0.2, 0) is 9.47 Å². The molecule has 4 rings (SSSR count). The van der Waals surface area contributed by atoms with Crippen LogP contribution in [0, 0.1) is 5.92 Å². The fourth-order valence-electron chi connectivity index (χ4n) is 3.59. The van der Waals surface area contributed by atoms with Crippen LogP contribution in [0.1, 0.15) is 12.8 Å². The molecule has 2 bridgehead atoms. The SMILES string of the molecule is O=C1OC[C@@H]2N1CC[C@@H]1C[C@H]3C=C[C@]12O3. The molecule has 80 valence electrons. The largest absolute Gasteiger partial charge is 0.447 e. The average Bonchev–Trinajstić information content (AvgIpc) is 2.88. The first-order chi connectivity index (χ1) is 7.29. The van der Waals surface area contributed by atoms with Crippen LogP contribution in [0.2, 0.25) is 0 Å². The number of ether oxygens (including phenoxy) is 2. The number of nitrogens with zero attached hydrogens (tertiary/aromatic N) is 1. The minimum absolute atomic E-state index is 0.118. The average molecular weight is 207 g/mol. The van der Waals surface area contributed by atoms with Gasteiger partial charge in [0.05, 0.1) is 6.10 Å². The number of fused-ring (bicyclic) bond motifs is 2. The summed E-state index contributed by atoms with van der Waals surface area (Å²) in [6, 6.07) is 0.118. The molecule has 1 spiro atoms. The third-order valence-corrected chi connectivity index (χ3v) is 4.30. The Morgan fingerprint density at radius 1 is 1.53 bits per heavy atom. The van der Waals surface area contributed by atoms with Crippen molar-refractivity contribution in [1.29, 1.82) is 0 Å². The van der Waals surface area contributed by atoms with E-state index in [4.69, 9.17) is 9.47 Å². The van der Waals surface area contributed by atoms with Crippen molar-refractivity contribution in [3.63, 3.8) is 0 Å². The second-order valence-corrected chi connectivity index (χ2v) is 4.88. The molecule has 4 aliphatic rings. The lowest BCUT2D eigenvalue weighted by Crippen LogP contribution is -2.57. The van der Waals surface area contributed by atoms with Crippen LogP contribution in [0.4, 0.5) is 4.79 Å². The quantitative estimate of drug-likeness (QED) is 0.554. The molecule has 3 saturated heterocycles. The van der Waals surface area contributed by atoms with Crippen LogP contribution >= 0.6 is 0 Å². The van der Waals surface area contributed by atoms with Crippen molar-refractivity contribution < 1.29 is 14.3 Å². The van der Waals surface area contributed by atoms with Gasteiger partial charge >= 0.3 is 6.09 Å². The van der Waals surface area contributed by atoms with Crippen molar-refractivity contribution in [2.75, 3.05) is 13.2 Å². The normalized spacial score (nSPS) is 50.5. The first kappa shape index (κ1) is 8.16. The van der Waals surface area contributed by atoms with E-state index in [9.17, 15) is 4.79 Å². The zero-order chi connectivity index (χ0) is 10.0. The summed E-state index contributed by atoms with van der Waals surface area (Å²) in [5.74, 6) is 0.586. The Kier molecular flexibility index (Phi) is 1.29. The van der Waals surface area contributed by atoms with E-state index in [0.29, 0.717) is 12.5 Å². The summed E-state index contributed by atoms with van der Waals surface area (Å²) in [6.45, 7) is 1.33. The molecule has 0 N–H and O–H groups in total. The number of carbonyl (C=O) groups is 1. The van der Waals surface area contributed by atoms with Gasteiger partial charge in [0.2, 0.25) is 0 Å². The van der Waals surface area contributed by atoms with Gasteiger partial charge in [-0.15, -0.1) is 0 Å². The van der Waals surface area contributed by atoms with Crippen molar-refractivity contribution in [2.45, 2.75) is 30.6 Å². The first-order valence-electron chi connectivity index (χ1n) is 5.60. The summed E-state index contributed by atoms with van der Waals surface area (Å²) in [5.41, 5.74) is -0.213. The number of hydrogen-bond acceptors (Lipinski definition) is 3. The number of amides is 1. The second kappa shape index (κ2) is 2.38. The Morgan fingerprint density at radius 3 is 3.33 bits per heavy atom. The van der Waals surface area contributed by atoms with Gasteiger partial charge in [0.1, 0.15) is 18.2 Å². The molecule has 0 aliphatic carbocycles. The number of hydrogen-bond donors (Lipinski definition) is 0. The van der Waals surface area contributed by atoms with Crippen LogP contribution in [-0.4, -0.2) is 41.9 Å². The molecule has 4 heterocycles. The topological polar surface area (TPSA) is 38.8 Å². The molecular weight excluding hydrogens is 194 g/mol. The van der Waals surface area contributed by atoms with Crippen LogP contribution < -0.4 is 0 Å². The maximum absolute atomic E-state index is 11.5. The fourth-order valence-corrected chi connectivity index (χ4v) is 3.59. The fraction of sp³-hybridized carbons (Fsp3) is 0.727.